The van der Waals surface area contributed by atoms with Crippen LogP contribution in [0.15, 0.2) is 29.8 Å². The molecular formula is C23H31ClF2. The van der Waals surface area contributed by atoms with Gasteiger partial charge in [-0.2, -0.15) is 0 Å². The standard InChI is InChI=1S/C23H31ClF2/c1-22(2,3)19-8-4-16(5-9-19)14-18-15-23(25,26)13-12-21(18)17-6-10-20(24)11-7-17/h6-7,10-11,16,19H,4-5,8-9,12-15H2,1-3H3. The zero-order valence-electron chi connectivity index (χ0n) is 16.3. The maximum absolute atomic E-state index is 14.1. The molecule has 0 bridgehead atoms. The van der Waals surface area contributed by atoms with E-state index in [0.29, 0.717) is 22.8 Å². The van der Waals surface area contributed by atoms with E-state index in [1.165, 1.54) is 25.7 Å². The van der Waals surface area contributed by atoms with Crippen LogP contribution in [0.2, 0.25) is 5.02 Å². The van der Waals surface area contributed by atoms with Crippen molar-refractivity contribution in [3.05, 3.63) is 40.4 Å². The molecule has 0 spiro atoms. The van der Waals surface area contributed by atoms with Gasteiger partial charge in [-0.3, -0.25) is 0 Å². The van der Waals surface area contributed by atoms with Crippen molar-refractivity contribution in [1.29, 1.82) is 0 Å². The van der Waals surface area contributed by atoms with E-state index in [2.05, 4.69) is 20.8 Å². The summed E-state index contributed by atoms with van der Waals surface area (Å²) in [5.74, 6) is -1.23. The maximum Gasteiger partial charge on any atom is 0.252 e. The number of hydrogen-bond acceptors (Lipinski definition) is 0. The Morgan fingerprint density at radius 2 is 1.65 bits per heavy atom. The first-order valence-corrected chi connectivity index (χ1v) is 10.4. The summed E-state index contributed by atoms with van der Waals surface area (Å²) in [6, 6.07) is 7.70. The van der Waals surface area contributed by atoms with Gasteiger partial charge in [0.1, 0.15) is 0 Å². The number of allylic oxidation sites excluding steroid dienone is 2. The van der Waals surface area contributed by atoms with E-state index in [1.54, 1.807) is 0 Å². The van der Waals surface area contributed by atoms with Gasteiger partial charge in [0.15, 0.2) is 0 Å². The quantitative estimate of drug-likeness (QED) is 0.496. The van der Waals surface area contributed by atoms with Crippen LogP contribution < -0.4 is 0 Å². The van der Waals surface area contributed by atoms with Crippen molar-refractivity contribution < 1.29 is 8.78 Å². The Labute approximate surface area is 162 Å². The smallest absolute Gasteiger partial charge is 0.207 e. The highest BCUT2D eigenvalue weighted by molar-refractivity contribution is 6.30. The average Bonchev–Trinajstić information content (AvgIpc) is 2.55. The van der Waals surface area contributed by atoms with Gasteiger partial charge in [-0.15, -0.1) is 0 Å². The minimum Gasteiger partial charge on any atom is -0.207 e. The van der Waals surface area contributed by atoms with Gasteiger partial charge in [-0.25, -0.2) is 8.78 Å². The van der Waals surface area contributed by atoms with Crippen molar-refractivity contribution in [3.8, 4) is 0 Å². The normalized spacial score (nSPS) is 26.8. The van der Waals surface area contributed by atoms with Gasteiger partial charge >= 0.3 is 0 Å². The van der Waals surface area contributed by atoms with Crippen LogP contribution in [-0.4, -0.2) is 5.92 Å². The molecule has 1 aromatic rings. The molecule has 0 atom stereocenters. The van der Waals surface area contributed by atoms with Crippen LogP contribution in [0.25, 0.3) is 5.57 Å². The predicted molar refractivity (Wildman–Crippen MR) is 107 cm³/mol. The van der Waals surface area contributed by atoms with Crippen LogP contribution in [0, 0.1) is 17.3 Å². The van der Waals surface area contributed by atoms with Gasteiger partial charge in [0, 0.05) is 17.9 Å². The van der Waals surface area contributed by atoms with Gasteiger partial charge in [0.05, 0.1) is 0 Å². The minimum atomic E-state index is -2.55. The van der Waals surface area contributed by atoms with Crippen molar-refractivity contribution in [1.82, 2.24) is 0 Å². The Morgan fingerprint density at radius 3 is 2.23 bits per heavy atom. The van der Waals surface area contributed by atoms with Crippen molar-refractivity contribution >= 4 is 17.2 Å². The van der Waals surface area contributed by atoms with E-state index in [0.717, 1.165) is 29.0 Å². The average molecular weight is 381 g/mol. The van der Waals surface area contributed by atoms with E-state index in [-0.39, 0.29) is 12.8 Å². The molecule has 2 aliphatic carbocycles. The molecule has 0 amide bonds. The van der Waals surface area contributed by atoms with E-state index >= 15 is 0 Å². The molecule has 0 nitrogen and oxygen atoms in total. The lowest BCUT2D eigenvalue weighted by Gasteiger charge is -2.38. The third-order valence-corrected chi connectivity index (χ3v) is 6.69. The van der Waals surface area contributed by atoms with Crippen molar-refractivity contribution in [2.45, 2.75) is 78.1 Å². The molecule has 0 saturated heterocycles. The minimum absolute atomic E-state index is 0.0365. The first kappa shape index (κ1) is 19.9. The number of rotatable bonds is 3. The van der Waals surface area contributed by atoms with E-state index in [4.69, 9.17) is 11.6 Å². The van der Waals surface area contributed by atoms with E-state index in [1.807, 2.05) is 24.3 Å². The molecule has 0 heterocycles. The number of alkyl halides is 2. The molecule has 0 aliphatic heterocycles. The lowest BCUT2D eigenvalue weighted by Crippen LogP contribution is -2.27. The van der Waals surface area contributed by atoms with Crippen LogP contribution in [-0.2, 0) is 0 Å². The molecule has 3 heteroatoms. The summed E-state index contributed by atoms with van der Waals surface area (Å²) in [5, 5.41) is 0.692. The molecule has 1 fully saturated rings. The van der Waals surface area contributed by atoms with Crippen molar-refractivity contribution in [3.63, 3.8) is 0 Å². The van der Waals surface area contributed by atoms with Crippen molar-refractivity contribution in [2.75, 3.05) is 0 Å². The van der Waals surface area contributed by atoms with E-state index < -0.39 is 5.92 Å². The Balaban J connectivity index is 1.76. The Bertz CT molecular complexity index is 644. The second-order valence-electron chi connectivity index (χ2n) is 9.41. The summed E-state index contributed by atoms with van der Waals surface area (Å²) < 4.78 is 28.2. The zero-order chi connectivity index (χ0) is 18.9. The molecule has 3 rings (SSSR count). The highest BCUT2D eigenvalue weighted by Crippen LogP contribution is 2.46. The fourth-order valence-electron chi connectivity index (χ4n) is 4.77. The monoisotopic (exact) mass is 380 g/mol. The molecule has 1 saturated carbocycles. The second kappa shape index (κ2) is 7.62. The second-order valence-corrected chi connectivity index (χ2v) is 9.85. The SMILES string of the molecule is CC(C)(C)C1CCC(CC2=C(c3ccc(Cl)cc3)CCC(F)(F)C2)CC1. The Morgan fingerprint density at radius 1 is 1.04 bits per heavy atom. The first-order valence-electron chi connectivity index (χ1n) is 9.99. The third kappa shape index (κ3) is 4.88. The molecule has 0 N–H and O–H groups in total. The highest BCUT2D eigenvalue weighted by Gasteiger charge is 2.37. The molecular weight excluding hydrogens is 350 g/mol. The maximum atomic E-state index is 14.1. The fraction of sp³-hybridized carbons (Fsp3) is 0.652. The largest absolute Gasteiger partial charge is 0.252 e. The number of benzene rings is 1. The predicted octanol–water partition coefficient (Wildman–Crippen LogP) is 8.16. The lowest BCUT2D eigenvalue weighted by molar-refractivity contribution is -0.0108. The molecule has 144 valence electrons. The lowest BCUT2D eigenvalue weighted by atomic mass is 9.68. The van der Waals surface area contributed by atoms with Crippen LogP contribution >= 0.6 is 11.6 Å². The van der Waals surface area contributed by atoms with Gasteiger partial charge in [0.2, 0.25) is 0 Å². The molecule has 0 aromatic heterocycles. The topological polar surface area (TPSA) is 0 Å². The summed E-state index contributed by atoms with van der Waals surface area (Å²) in [4.78, 5) is 0. The van der Waals surface area contributed by atoms with Crippen LogP contribution in [0.1, 0.15) is 77.7 Å². The molecule has 1 aromatic carbocycles. The number of hydrogen-bond donors (Lipinski definition) is 0. The van der Waals surface area contributed by atoms with Crippen molar-refractivity contribution in [2.24, 2.45) is 17.3 Å². The number of halogens is 3. The highest BCUT2D eigenvalue weighted by atomic mass is 35.5. The fourth-order valence-corrected chi connectivity index (χ4v) is 4.89. The van der Waals surface area contributed by atoms with Crippen LogP contribution in [0.4, 0.5) is 8.78 Å². The summed E-state index contributed by atoms with van der Waals surface area (Å²) in [6.45, 7) is 6.96. The molecule has 0 radical (unpaired) electrons. The van der Waals surface area contributed by atoms with Gasteiger partial charge in [-0.1, -0.05) is 50.1 Å². The summed E-state index contributed by atoms with van der Waals surface area (Å²) in [6.07, 6.45) is 6.01. The Kier molecular flexibility index (Phi) is 5.82. The molecule has 0 unspecified atom stereocenters. The Hall–Kier alpha value is -0.890. The van der Waals surface area contributed by atoms with E-state index in [9.17, 15) is 8.78 Å². The van der Waals surface area contributed by atoms with Gasteiger partial charge in [-0.05, 0) is 79.0 Å². The first-order chi connectivity index (χ1) is 12.1. The molecule has 2 aliphatic rings. The summed E-state index contributed by atoms with van der Waals surface area (Å²) >= 11 is 6.00. The summed E-state index contributed by atoms with van der Waals surface area (Å²) in [5.41, 5.74) is 3.56. The van der Waals surface area contributed by atoms with Crippen LogP contribution in [0.3, 0.4) is 0 Å². The van der Waals surface area contributed by atoms with Gasteiger partial charge in [0.25, 0.3) is 5.92 Å². The van der Waals surface area contributed by atoms with Crippen LogP contribution in [0.5, 0.6) is 0 Å². The third-order valence-electron chi connectivity index (χ3n) is 6.44. The molecule has 26 heavy (non-hydrogen) atoms. The zero-order valence-corrected chi connectivity index (χ0v) is 17.0. The van der Waals surface area contributed by atoms with Gasteiger partial charge < -0.3 is 0 Å². The summed E-state index contributed by atoms with van der Waals surface area (Å²) in [7, 11) is 0.